The van der Waals surface area contributed by atoms with Crippen LogP contribution in [0, 0.1) is 0 Å². The third kappa shape index (κ3) is 4.11. The lowest BCUT2D eigenvalue weighted by molar-refractivity contribution is -0.136. The van der Waals surface area contributed by atoms with Gasteiger partial charge in [-0.15, -0.1) is 0 Å². The highest BCUT2D eigenvalue weighted by Gasteiger charge is 2.35. The van der Waals surface area contributed by atoms with Gasteiger partial charge in [0.05, 0.1) is 19.8 Å². The Kier molecular flexibility index (Phi) is 5.90. The Bertz CT molecular complexity index is 1140. The number of nitrogens with zero attached hydrogens (tertiary/aromatic N) is 4. The normalized spacial score (nSPS) is 15.2. The highest BCUT2D eigenvalue weighted by atomic mass is 79.9. The lowest BCUT2D eigenvalue weighted by atomic mass is 9.95. The molecule has 9 nitrogen and oxygen atoms in total. The molecule has 1 aliphatic rings. The molecule has 0 amide bonds. The van der Waals surface area contributed by atoms with Crippen molar-refractivity contribution >= 4 is 27.8 Å². The molecule has 3 aromatic rings. The molecule has 0 bridgehead atoms. The number of anilines is 1. The second-order valence-electron chi connectivity index (χ2n) is 6.83. The molecule has 1 atom stereocenters. The molecule has 160 valence electrons. The maximum atomic E-state index is 12.5. The summed E-state index contributed by atoms with van der Waals surface area (Å²) in [4.78, 5) is 12.5. The molecule has 1 N–H and O–H groups in total. The summed E-state index contributed by atoms with van der Waals surface area (Å²) >= 11 is 3.43. The fraction of sp³-hybridized carbons (Fsp3) is 0.238. The fourth-order valence-corrected chi connectivity index (χ4v) is 3.67. The summed E-state index contributed by atoms with van der Waals surface area (Å²) in [6.45, 7) is 2.17. The van der Waals surface area contributed by atoms with Crippen LogP contribution in [0.4, 0.5) is 5.95 Å². The van der Waals surface area contributed by atoms with Crippen molar-refractivity contribution in [3.8, 4) is 11.5 Å². The summed E-state index contributed by atoms with van der Waals surface area (Å²) < 4.78 is 19.1. The van der Waals surface area contributed by atoms with Crippen LogP contribution in [0.1, 0.15) is 24.1 Å². The van der Waals surface area contributed by atoms with Crippen molar-refractivity contribution in [3.05, 3.63) is 69.3 Å². The summed E-state index contributed by atoms with van der Waals surface area (Å²) in [5, 5.41) is 14.8. The van der Waals surface area contributed by atoms with Crippen LogP contribution < -0.4 is 14.8 Å². The van der Waals surface area contributed by atoms with Crippen LogP contribution in [0.5, 0.6) is 11.5 Å². The Balaban J connectivity index is 1.67. The summed E-state index contributed by atoms with van der Waals surface area (Å²) in [6, 6.07) is 12.8. The van der Waals surface area contributed by atoms with Gasteiger partial charge in [0.25, 0.3) is 0 Å². The van der Waals surface area contributed by atoms with E-state index < -0.39 is 12.0 Å². The Labute approximate surface area is 187 Å². The average Bonchev–Trinajstić information content (AvgIpc) is 3.25. The van der Waals surface area contributed by atoms with E-state index >= 15 is 0 Å². The third-order valence-corrected chi connectivity index (χ3v) is 5.46. The minimum absolute atomic E-state index is 0.389. The summed E-state index contributed by atoms with van der Waals surface area (Å²) in [5.74, 6) is 1.08. The number of carbonyl (C=O) groups is 1. The number of allylic oxidation sites excluding steroid dienone is 1. The first kappa shape index (κ1) is 20.9. The molecule has 0 spiro atoms. The smallest absolute Gasteiger partial charge is 0.338 e. The first-order valence-electron chi connectivity index (χ1n) is 9.41. The standard InChI is InChI=1S/C21H20BrN5O4/c1-12-18(20(28)30-3)19(27-21(23-12)24-25-26-27)14-6-9-16(17(10-14)29-2)31-11-13-4-7-15(22)8-5-13/h4-10,19H,11H2,1-3H3,(H,23,24,26). The second kappa shape index (κ2) is 8.76. The van der Waals surface area contributed by atoms with Gasteiger partial charge in [0.1, 0.15) is 12.6 Å². The number of fused-ring (bicyclic) bond motifs is 1. The first-order chi connectivity index (χ1) is 15.0. The quantitative estimate of drug-likeness (QED) is 0.529. The number of rotatable bonds is 6. The van der Waals surface area contributed by atoms with Gasteiger partial charge >= 0.3 is 5.97 Å². The zero-order valence-electron chi connectivity index (χ0n) is 17.1. The molecule has 2 heterocycles. The van der Waals surface area contributed by atoms with E-state index in [1.54, 1.807) is 14.0 Å². The van der Waals surface area contributed by atoms with Crippen molar-refractivity contribution in [2.75, 3.05) is 19.5 Å². The van der Waals surface area contributed by atoms with E-state index in [9.17, 15) is 4.79 Å². The molecule has 31 heavy (non-hydrogen) atoms. The molecule has 4 rings (SSSR count). The molecular formula is C21H20BrN5O4. The van der Waals surface area contributed by atoms with Crippen molar-refractivity contribution in [3.63, 3.8) is 0 Å². The Morgan fingerprint density at radius 1 is 1.16 bits per heavy atom. The maximum absolute atomic E-state index is 12.5. The number of hydrogen-bond acceptors (Lipinski definition) is 8. The van der Waals surface area contributed by atoms with Crippen LogP contribution in [0.15, 0.2) is 58.2 Å². The van der Waals surface area contributed by atoms with Gasteiger partial charge in [-0.3, -0.25) is 0 Å². The lowest BCUT2D eigenvalue weighted by Gasteiger charge is -2.27. The summed E-state index contributed by atoms with van der Waals surface area (Å²) in [5.41, 5.74) is 2.81. The van der Waals surface area contributed by atoms with Gasteiger partial charge in [-0.05, 0) is 52.7 Å². The molecule has 1 aromatic heterocycles. The van der Waals surface area contributed by atoms with E-state index in [1.165, 1.54) is 11.8 Å². The lowest BCUT2D eigenvalue weighted by Crippen LogP contribution is -2.29. The molecule has 2 aromatic carbocycles. The number of aromatic nitrogens is 4. The largest absolute Gasteiger partial charge is 0.493 e. The van der Waals surface area contributed by atoms with Crippen LogP contribution in [0.2, 0.25) is 0 Å². The van der Waals surface area contributed by atoms with Crippen LogP contribution in [-0.2, 0) is 16.1 Å². The highest BCUT2D eigenvalue weighted by molar-refractivity contribution is 9.10. The minimum Gasteiger partial charge on any atom is -0.493 e. The van der Waals surface area contributed by atoms with E-state index in [0.29, 0.717) is 35.3 Å². The van der Waals surface area contributed by atoms with E-state index in [-0.39, 0.29) is 0 Å². The minimum atomic E-state index is -0.576. The van der Waals surface area contributed by atoms with E-state index in [4.69, 9.17) is 14.2 Å². The average molecular weight is 486 g/mol. The summed E-state index contributed by atoms with van der Waals surface area (Å²) in [7, 11) is 2.91. The topological polar surface area (TPSA) is 100 Å². The fourth-order valence-electron chi connectivity index (χ4n) is 3.41. The zero-order chi connectivity index (χ0) is 22.0. The summed E-state index contributed by atoms with van der Waals surface area (Å²) in [6.07, 6.45) is 0. The van der Waals surface area contributed by atoms with Crippen molar-refractivity contribution in [2.45, 2.75) is 19.6 Å². The van der Waals surface area contributed by atoms with Gasteiger partial charge in [0, 0.05) is 10.2 Å². The number of carbonyl (C=O) groups excluding carboxylic acids is 1. The molecule has 0 saturated heterocycles. The van der Waals surface area contributed by atoms with Crippen molar-refractivity contribution < 1.29 is 19.0 Å². The molecule has 1 unspecified atom stereocenters. The number of hydrogen-bond donors (Lipinski definition) is 1. The number of methoxy groups -OCH3 is 2. The van der Waals surface area contributed by atoms with Crippen molar-refractivity contribution in [1.82, 2.24) is 20.2 Å². The van der Waals surface area contributed by atoms with Crippen molar-refractivity contribution in [1.29, 1.82) is 0 Å². The Morgan fingerprint density at radius 3 is 2.65 bits per heavy atom. The van der Waals surface area contributed by atoms with Gasteiger partial charge in [-0.2, -0.15) is 4.68 Å². The predicted octanol–water partition coefficient (Wildman–Crippen LogP) is 3.49. The number of ether oxygens (including phenoxy) is 3. The molecule has 0 saturated carbocycles. The van der Waals surface area contributed by atoms with Gasteiger partial charge in [-0.1, -0.05) is 39.2 Å². The first-order valence-corrected chi connectivity index (χ1v) is 10.2. The van der Waals surface area contributed by atoms with Crippen LogP contribution in [0.3, 0.4) is 0 Å². The molecular weight excluding hydrogens is 466 g/mol. The molecule has 10 heteroatoms. The van der Waals surface area contributed by atoms with E-state index in [1.807, 2.05) is 42.5 Å². The van der Waals surface area contributed by atoms with E-state index in [2.05, 4.69) is 36.8 Å². The number of nitrogens with one attached hydrogen (secondary N) is 1. The SMILES string of the molecule is COC(=O)C1=C(C)Nc2nnnn2C1c1ccc(OCc2ccc(Br)cc2)c(OC)c1. The molecule has 0 aliphatic carbocycles. The van der Waals surface area contributed by atoms with Gasteiger partial charge in [0.2, 0.25) is 5.95 Å². The van der Waals surface area contributed by atoms with Crippen LogP contribution in [-0.4, -0.2) is 40.4 Å². The third-order valence-electron chi connectivity index (χ3n) is 4.93. The number of esters is 1. The monoisotopic (exact) mass is 485 g/mol. The molecule has 0 fully saturated rings. The Morgan fingerprint density at radius 2 is 1.94 bits per heavy atom. The molecule has 1 aliphatic heterocycles. The zero-order valence-corrected chi connectivity index (χ0v) is 18.7. The van der Waals surface area contributed by atoms with E-state index in [0.717, 1.165) is 15.6 Å². The second-order valence-corrected chi connectivity index (χ2v) is 7.75. The maximum Gasteiger partial charge on any atom is 0.338 e. The van der Waals surface area contributed by atoms with Crippen LogP contribution in [0.25, 0.3) is 0 Å². The number of tetrazole rings is 1. The number of halogens is 1. The Hall–Kier alpha value is -3.40. The van der Waals surface area contributed by atoms with Gasteiger partial charge in [0.15, 0.2) is 11.5 Å². The van der Waals surface area contributed by atoms with Crippen molar-refractivity contribution in [2.24, 2.45) is 0 Å². The highest BCUT2D eigenvalue weighted by Crippen LogP contribution is 2.38. The van der Waals surface area contributed by atoms with Gasteiger partial charge < -0.3 is 19.5 Å². The molecule has 0 radical (unpaired) electrons. The predicted molar refractivity (Wildman–Crippen MR) is 116 cm³/mol. The van der Waals surface area contributed by atoms with Crippen LogP contribution >= 0.6 is 15.9 Å². The van der Waals surface area contributed by atoms with Gasteiger partial charge in [-0.25, -0.2) is 4.79 Å². The number of benzene rings is 2.